The van der Waals surface area contributed by atoms with Gasteiger partial charge in [0.05, 0.1) is 6.54 Å². The SMILES string of the molecule is CCCN1CC(C)(F)Cc2c(F)cc(-c3cc(NC)ccc3C)cc21. The number of hydrogen-bond acceptors (Lipinski definition) is 2. The lowest BCUT2D eigenvalue weighted by molar-refractivity contribution is 0.186. The summed E-state index contributed by atoms with van der Waals surface area (Å²) >= 11 is 0. The highest BCUT2D eigenvalue weighted by atomic mass is 19.1. The molecule has 0 fully saturated rings. The molecule has 134 valence electrons. The van der Waals surface area contributed by atoms with Crippen LogP contribution in [0, 0.1) is 12.7 Å². The molecular weight excluding hydrogens is 318 g/mol. The van der Waals surface area contributed by atoms with Crippen molar-refractivity contribution in [2.75, 3.05) is 30.4 Å². The minimum Gasteiger partial charge on any atom is -0.388 e. The predicted molar refractivity (Wildman–Crippen MR) is 102 cm³/mol. The minimum absolute atomic E-state index is 0.129. The van der Waals surface area contributed by atoms with Gasteiger partial charge in [-0.3, -0.25) is 0 Å². The van der Waals surface area contributed by atoms with Gasteiger partial charge in [-0.2, -0.15) is 0 Å². The molecule has 0 saturated heterocycles. The summed E-state index contributed by atoms with van der Waals surface area (Å²) in [5, 5.41) is 3.13. The number of alkyl halides is 1. The van der Waals surface area contributed by atoms with E-state index in [4.69, 9.17) is 0 Å². The van der Waals surface area contributed by atoms with Crippen molar-refractivity contribution >= 4 is 11.4 Å². The van der Waals surface area contributed by atoms with E-state index in [1.165, 1.54) is 0 Å². The van der Waals surface area contributed by atoms with Gasteiger partial charge in [0.15, 0.2) is 0 Å². The van der Waals surface area contributed by atoms with Crippen molar-refractivity contribution < 1.29 is 8.78 Å². The molecule has 1 aliphatic rings. The molecule has 25 heavy (non-hydrogen) atoms. The van der Waals surface area contributed by atoms with E-state index in [2.05, 4.69) is 12.2 Å². The Morgan fingerprint density at radius 2 is 2.00 bits per heavy atom. The highest BCUT2D eigenvalue weighted by molar-refractivity contribution is 5.76. The van der Waals surface area contributed by atoms with Crippen LogP contribution in [0.4, 0.5) is 20.2 Å². The molecule has 3 rings (SSSR count). The van der Waals surface area contributed by atoms with E-state index in [9.17, 15) is 8.78 Å². The molecule has 2 aromatic rings. The van der Waals surface area contributed by atoms with E-state index in [0.29, 0.717) is 12.1 Å². The number of fused-ring (bicyclic) bond motifs is 1. The summed E-state index contributed by atoms with van der Waals surface area (Å²) in [6, 6.07) is 9.63. The van der Waals surface area contributed by atoms with Crippen molar-refractivity contribution in [3.63, 3.8) is 0 Å². The number of aryl methyl sites for hydroxylation is 1. The second kappa shape index (κ2) is 6.66. The zero-order valence-electron chi connectivity index (χ0n) is 15.4. The Morgan fingerprint density at radius 1 is 1.24 bits per heavy atom. The number of nitrogens with zero attached hydrogens (tertiary/aromatic N) is 1. The molecule has 0 saturated carbocycles. The van der Waals surface area contributed by atoms with Crippen molar-refractivity contribution in [2.45, 2.75) is 39.3 Å². The molecule has 4 heteroatoms. The topological polar surface area (TPSA) is 15.3 Å². The summed E-state index contributed by atoms with van der Waals surface area (Å²) in [5.74, 6) is -0.313. The fourth-order valence-electron chi connectivity index (χ4n) is 3.70. The summed E-state index contributed by atoms with van der Waals surface area (Å²) in [5.41, 5.74) is 3.85. The zero-order valence-corrected chi connectivity index (χ0v) is 15.4. The van der Waals surface area contributed by atoms with E-state index in [-0.39, 0.29) is 12.2 Å². The fraction of sp³-hybridized carbons (Fsp3) is 0.429. The smallest absolute Gasteiger partial charge is 0.129 e. The van der Waals surface area contributed by atoms with Gasteiger partial charge < -0.3 is 10.2 Å². The number of hydrogen-bond donors (Lipinski definition) is 1. The highest BCUT2D eigenvalue weighted by Crippen LogP contribution is 2.39. The van der Waals surface area contributed by atoms with E-state index < -0.39 is 5.67 Å². The second-order valence-corrected chi connectivity index (χ2v) is 7.25. The lowest BCUT2D eigenvalue weighted by atomic mass is 9.88. The maximum absolute atomic E-state index is 14.9. The van der Waals surface area contributed by atoms with E-state index in [1.54, 1.807) is 13.0 Å². The summed E-state index contributed by atoms with van der Waals surface area (Å²) in [4.78, 5) is 1.99. The largest absolute Gasteiger partial charge is 0.388 e. The summed E-state index contributed by atoms with van der Waals surface area (Å²) in [7, 11) is 1.87. The van der Waals surface area contributed by atoms with Crippen molar-refractivity contribution in [2.24, 2.45) is 0 Å². The lowest BCUT2D eigenvalue weighted by Gasteiger charge is -2.38. The molecule has 0 aromatic heterocycles. The fourth-order valence-corrected chi connectivity index (χ4v) is 3.70. The molecule has 1 N–H and O–H groups in total. The first-order valence-electron chi connectivity index (χ1n) is 8.89. The Morgan fingerprint density at radius 3 is 2.68 bits per heavy atom. The Kier molecular flexibility index (Phi) is 4.72. The van der Waals surface area contributed by atoms with E-state index >= 15 is 0 Å². The van der Waals surface area contributed by atoms with Crippen LogP contribution in [0.2, 0.25) is 0 Å². The third-order valence-electron chi connectivity index (χ3n) is 4.91. The zero-order chi connectivity index (χ0) is 18.2. The maximum atomic E-state index is 14.9. The van der Waals surface area contributed by atoms with Crippen LogP contribution in [0.25, 0.3) is 11.1 Å². The van der Waals surface area contributed by atoms with Crippen molar-refractivity contribution in [1.29, 1.82) is 0 Å². The lowest BCUT2D eigenvalue weighted by Crippen LogP contribution is -2.44. The third-order valence-corrected chi connectivity index (χ3v) is 4.91. The molecule has 2 nitrogen and oxygen atoms in total. The van der Waals surface area contributed by atoms with Crippen molar-refractivity contribution in [1.82, 2.24) is 0 Å². The van der Waals surface area contributed by atoms with Crippen LogP contribution in [0.15, 0.2) is 30.3 Å². The number of halogens is 2. The van der Waals surface area contributed by atoms with Gasteiger partial charge in [0, 0.05) is 37.0 Å². The van der Waals surface area contributed by atoms with Gasteiger partial charge in [-0.05, 0) is 61.2 Å². The van der Waals surface area contributed by atoms with Gasteiger partial charge >= 0.3 is 0 Å². The first-order valence-corrected chi connectivity index (χ1v) is 8.89. The van der Waals surface area contributed by atoms with E-state index in [0.717, 1.165) is 41.0 Å². The number of benzene rings is 2. The Bertz CT molecular complexity index is 784. The van der Waals surface area contributed by atoms with Crippen molar-refractivity contribution in [3.8, 4) is 11.1 Å². The first kappa shape index (κ1) is 17.7. The summed E-state index contributed by atoms with van der Waals surface area (Å²) < 4.78 is 29.6. The van der Waals surface area contributed by atoms with Gasteiger partial charge in [-0.1, -0.05) is 13.0 Å². The molecule has 0 bridgehead atoms. The normalized spacial score (nSPS) is 19.7. The number of nitrogens with one attached hydrogen (secondary N) is 1. The van der Waals surface area contributed by atoms with Crippen LogP contribution in [0.3, 0.4) is 0 Å². The third kappa shape index (κ3) is 3.48. The molecule has 0 amide bonds. The van der Waals surface area contributed by atoms with Gasteiger partial charge in [-0.15, -0.1) is 0 Å². The molecule has 1 unspecified atom stereocenters. The second-order valence-electron chi connectivity index (χ2n) is 7.25. The van der Waals surface area contributed by atoms with Gasteiger partial charge in [0.1, 0.15) is 11.5 Å². The van der Waals surface area contributed by atoms with Crippen LogP contribution in [-0.4, -0.2) is 25.8 Å². The molecule has 0 aliphatic carbocycles. The summed E-state index contributed by atoms with van der Waals surface area (Å²) in [6.45, 7) is 6.68. The first-order chi connectivity index (χ1) is 11.8. The standard InChI is InChI=1S/C21H26F2N2/c1-5-8-25-13-21(3,23)12-18-19(22)9-15(10-20(18)25)17-11-16(24-4)7-6-14(17)2/h6-7,9-11,24H,5,8,12-13H2,1-4H3. The highest BCUT2D eigenvalue weighted by Gasteiger charge is 2.35. The van der Waals surface area contributed by atoms with Crippen LogP contribution >= 0.6 is 0 Å². The van der Waals surface area contributed by atoms with Crippen molar-refractivity contribution in [3.05, 3.63) is 47.3 Å². The summed E-state index contributed by atoms with van der Waals surface area (Å²) in [6.07, 6.45) is 1.03. The van der Waals surface area contributed by atoms with Gasteiger partial charge in [0.2, 0.25) is 0 Å². The monoisotopic (exact) mass is 344 g/mol. The molecular formula is C21H26F2N2. The molecule has 1 atom stereocenters. The van der Waals surface area contributed by atoms with E-state index in [1.807, 2.05) is 43.1 Å². The maximum Gasteiger partial charge on any atom is 0.129 e. The molecule has 0 radical (unpaired) electrons. The van der Waals surface area contributed by atoms with Crippen LogP contribution in [0.1, 0.15) is 31.4 Å². The molecule has 1 aliphatic heterocycles. The molecule has 1 heterocycles. The quantitative estimate of drug-likeness (QED) is 0.805. The minimum atomic E-state index is -1.40. The van der Waals surface area contributed by atoms with Gasteiger partial charge in [-0.25, -0.2) is 8.78 Å². The average molecular weight is 344 g/mol. The predicted octanol–water partition coefficient (Wildman–Crippen LogP) is 5.34. The number of rotatable bonds is 4. The van der Waals surface area contributed by atoms with Crippen LogP contribution in [-0.2, 0) is 6.42 Å². The Hall–Kier alpha value is -2.10. The number of anilines is 2. The average Bonchev–Trinajstić information content (AvgIpc) is 2.56. The Balaban J connectivity index is 2.14. The molecule has 0 spiro atoms. The van der Waals surface area contributed by atoms with Crippen LogP contribution in [0.5, 0.6) is 0 Å². The Labute approximate surface area is 148 Å². The van der Waals surface area contributed by atoms with Gasteiger partial charge in [0.25, 0.3) is 0 Å². The molecule has 2 aromatic carbocycles. The van der Waals surface area contributed by atoms with Crippen LogP contribution < -0.4 is 10.2 Å².